The van der Waals surface area contributed by atoms with Gasteiger partial charge in [-0.1, -0.05) is 34.8 Å². The summed E-state index contributed by atoms with van der Waals surface area (Å²) in [5, 5.41) is 9.22. The molecule has 2 aromatic rings. The van der Waals surface area contributed by atoms with Gasteiger partial charge in [0, 0.05) is 0 Å². The van der Waals surface area contributed by atoms with E-state index in [2.05, 4.69) is 0 Å². The van der Waals surface area contributed by atoms with Crippen LogP contribution in [0.1, 0.15) is 5.56 Å². The lowest BCUT2D eigenvalue weighted by Gasteiger charge is -2.14. The first-order valence-electron chi connectivity index (χ1n) is 5.28. The molecule has 0 heterocycles. The van der Waals surface area contributed by atoms with Gasteiger partial charge in [-0.3, -0.25) is 0 Å². The van der Waals surface area contributed by atoms with E-state index in [-0.39, 0.29) is 6.42 Å². The summed E-state index contributed by atoms with van der Waals surface area (Å²) in [4.78, 5) is 0. The molecular weight excluding hydrogens is 215 g/mol. The number of para-hydroxylation sites is 1. The molecular formula is C14H11FN2. The summed E-state index contributed by atoms with van der Waals surface area (Å²) < 4.78 is 14.0. The molecule has 0 saturated heterocycles. The second kappa shape index (κ2) is 5.13. The summed E-state index contributed by atoms with van der Waals surface area (Å²) in [6.45, 7) is 0. The lowest BCUT2D eigenvalue weighted by Crippen LogP contribution is -2.03. The molecule has 0 saturated carbocycles. The Morgan fingerprint density at radius 1 is 1.00 bits per heavy atom. The smallest absolute Gasteiger partial charge is 0.0750 e. The topological polar surface area (TPSA) is 27.0 Å². The van der Waals surface area contributed by atoms with Crippen LogP contribution in [0.5, 0.6) is 0 Å². The Hall–Kier alpha value is -2.34. The molecule has 0 radical (unpaired) electrons. The van der Waals surface area contributed by atoms with Crippen LogP contribution in [0.25, 0.3) is 0 Å². The van der Waals surface area contributed by atoms with E-state index in [0.29, 0.717) is 16.5 Å². The fourth-order valence-electron chi connectivity index (χ4n) is 1.59. The maximum atomic E-state index is 14.0. The van der Waals surface area contributed by atoms with Gasteiger partial charge < -0.3 is 0 Å². The lowest BCUT2D eigenvalue weighted by atomic mass is 10.1. The molecule has 0 aliphatic heterocycles. The SMILES string of the molecule is N#CCc1cccc(N(F)c2ccccc2)c1. The highest BCUT2D eigenvalue weighted by Crippen LogP contribution is 2.26. The number of anilines is 2. The second-order valence-electron chi connectivity index (χ2n) is 3.62. The van der Waals surface area contributed by atoms with Gasteiger partial charge in [0.25, 0.3) is 0 Å². The van der Waals surface area contributed by atoms with Crippen LogP contribution in [-0.2, 0) is 6.42 Å². The summed E-state index contributed by atoms with van der Waals surface area (Å²) in [6.07, 6.45) is 0.288. The molecule has 0 fully saturated rings. The molecule has 2 aromatic carbocycles. The summed E-state index contributed by atoms with van der Waals surface area (Å²) in [5.74, 6) is 0. The van der Waals surface area contributed by atoms with E-state index in [4.69, 9.17) is 5.26 Å². The highest BCUT2D eigenvalue weighted by Gasteiger charge is 2.07. The zero-order valence-electron chi connectivity index (χ0n) is 9.18. The van der Waals surface area contributed by atoms with Crippen LogP contribution in [-0.4, -0.2) is 0 Å². The van der Waals surface area contributed by atoms with Crippen molar-refractivity contribution in [2.45, 2.75) is 6.42 Å². The Bertz CT molecular complexity index is 531. The Morgan fingerprint density at radius 2 is 1.71 bits per heavy atom. The third-order valence-electron chi connectivity index (χ3n) is 2.40. The molecule has 2 rings (SSSR count). The molecule has 0 unspecified atom stereocenters. The average Bonchev–Trinajstić information content (AvgIpc) is 2.40. The molecule has 84 valence electrons. The maximum Gasteiger partial charge on any atom is 0.0750 e. The van der Waals surface area contributed by atoms with E-state index < -0.39 is 0 Å². The van der Waals surface area contributed by atoms with Crippen molar-refractivity contribution in [2.75, 3.05) is 5.12 Å². The van der Waals surface area contributed by atoms with Crippen LogP contribution >= 0.6 is 0 Å². The molecule has 3 heteroatoms. The molecule has 0 atom stereocenters. The fourth-order valence-corrected chi connectivity index (χ4v) is 1.59. The van der Waals surface area contributed by atoms with Crippen LogP contribution in [0, 0.1) is 11.3 Å². The van der Waals surface area contributed by atoms with Crippen molar-refractivity contribution in [3.05, 3.63) is 60.2 Å². The molecule has 0 aliphatic carbocycles. The van der Waals surface area contributed by atoms with E-state index >= 15 is 0 Å². The quantitative estimate of drug-likeness (QED) is 0.745. The van der Waals surface area contributed by atoms with Gasteiger partial charge in [-0.15, -0.1) is 0 Å². The maximum absolute atomic E-state index is 14.0. The number of benzene rings is 2. The van der Waals surface area contributed by atoms with E-state index in [0.717, 1.165) is 5.56 Å². The normalized spacial score (nSPS) is 9.65. The summed E-state index contributed by atoms with van der Waals surface area (Å²) in [5.41, 5.74) is 1.72. The Labute approximate surface area is 99.5 Å². The first-order valence-corrected chi connectivity index (χ1v) is 5.28. The van der Waals surface area contributed by atoms with Gasteiger partial charge >= 0.3 is 0 Å². The third kappa shape index (κ3) is 2.61. The zero-order chi connectivity index (χ0) is 12.1. The predicted molar refractivity (Wildman–Crippen MR) is 65.4 cm³/mol. The molecule has 0 bridgehead atoms. The van der Waals surface area contributed by atoms with E-state index in [1.807, 2.05) is 18.2 Å². The van der Waals surface area contributed by atoms with Gasteiger partial charge in [0.05, 0.1) is 23.9 Å². The van der Waals surface area contributed by atoms with Gasteiger partial charge in [0.15, 0.2) is 0 Å². The van der Waals surface area contributed by atoms with Gasteiger partial charge in [0.1, 0.15) is 0 Å². The van der Waals surface area contributed by atoms with Crippen LogP contribution in [0.15, 0.2) is 54.6 Å². The Balaban J connectivity index is 2.28. The van der Waals surface area contributed by atoms with Crippen molar-refractivity contribution in [3.63, 3.8) is 0 Å². The van der Waals surface area contributed by atoms with Crippen LogP contribution in [0.3, 0.4) is 0 Å². The van der Waals surface area contributed by atoms with Crippen molar-refractivity contribution in [1.29, 1.82) is 5.26 Å². The number of halogens is 1. The number of hydrogen-bond acceptors (Lipinski definition) is 2. The number of nitrogens with zero attached hydrogens (tertiary/aromatic N) is 2. The predicted octanol–water partition coefficient (Wildman–Crippen LogP) is 3.78. The van der Waals surface area contributed by atoms with Crippen LogP contribution in [0.2, 0.25) is 0 Å². The molecule has 0 spiro atoms. The first-order chi connectivity index (χ1) is 8.31. The van der Waals surface area contributed by atoms with Crippen molar-refractivity contribution < 1.29 is 4.48 Å². The van der Waals surface area contributed by atoms with Crippen molar-refractivity contribution in [2.24, 2.45) is 0 Å². The molecule has 0 aliphatic rings. The van der Waals surface area contributed by atoms with Gasteiger partial charge in [-0.2, -0.15) is 10.4 Å². The molecule has 0 N–H and O–H groups in total. The van der Waals surface area contributed by atoms with Crippen LogP contribution in [0.4, 0.5) is 15.9 Å². The second-order valence-corrected chi connectivity index (χ2v) is 3.62. The summed E-state index contributed by atoms with van der Waals surface area (Å²) >= 11 is 0. The van der Waals surface area contributed by atoms with Gasteiger partial charge in [-0.05, 0) is 29.8 Å². The Morgan fingerprint density at radius 3 is 2.41 bits per heavy atom. The largest absolute Gasteiger partial charge is 0.198 e. The Kier molecular flexibility index (Phi) is 3.37. The minimum absolute atomic E-state index is 0.288. The molecule has 17 heavy (non-hydrogen) atoms. The van der Waals surface area contributed by atoms with E-state index in [9.17, 15) is 4.48 Å². The number of rotatable bonds is 3. The molecule has 0 aromatic heterocycles. The molecule has 2 nitrogen and oxygen atoms in total. The summed E-state index contributed by atoms with van der Waals surface area (Å²) in [6, 6.07) is 17.7. The minimum atomic E-state index is 0.288. The summed E-state index contributed by atoms with van der Waals surface area (Å²) in [7, 11) is 0. The van der Waals surface area contributed by atoms with E-state index in [1.165, 1.54) is 0 Å². The standard InChI is InChI=1S/C14H11FN2/c15-17(13-6-2-1-3-7-13)14-8-4-5-12(11-14)9-10-16/h1-8,11H,9H2. The highest BCUT2D eigenvalue weighted by molar-refractivity contribution is 5.60. The fraction of sp³-hybridized carbons (Fsp3) is 0.0714. The number of hydrogen-bond donors (Lipinski definition) is 0. The highest BCUT2D eigenvalue weighted by atomic mass is 19.2. The number of nitriles is 1. The lowest BCUT2D eigenvalue weighted by molar-refractivity contribution is 0.505. The molecule has 0 amide bonds. The monoisotopic (exact) mass is 226 g/mol. The zero-order valence-corrected chi connectivity index (χ0v) is 9.18. The van der Waals surface area contributed by atoms with E-state index in [1.54, 1.807) is 42.5 Å². The van der Waals surface area contributed by atoms with Crippen molar-refractivity contribution >= 4 is 11.4 Å². The average molecular weight is 226 g/mol. The van der Waals surface area contributed by atoms with Gasteiger partial charge in [0.2, 0.25) is 0 Å². The van der Waals surface area contributed by atoms with Crippen LogP contribution < -0.4 is 5.12 Å². The third-order valence-corrected chi connectivity index (χ3v) is 2.40. The minimum Gasteiger partial charge on any atom is -0.198 e. The van der Waals surface area contributed by atoms with Crippen molar-refractivity contribution in [1.82, 2.24) is 0 Å². The van der Waals surface area contributed by atoms with Gasteiger partial charge in [-0.25, -0.2) is 0 Å². The first kappa shape index (κ1) is 11.2. The van der Waals surface area contributed by atoms with Crippen molar-refractivity contribution in [3.8, 4) is 6.07 Å².